The molecule has 0 bridgehead atoms. The summed E-state index contributed by atoms with van der Waals surface area (Å²) in [5.74, 6) is -1.37. The van der Waals surface area contributed by atoms with E-state index in [-0.39, 0.29) is 18.0 Å². The van der Waals surface area contributed by atoms with Crippen LogP contribution >= 0.6 is 0 Å². The first-order valence-corrected chi connectivity index (χ1v) is 6.21. The van der Waals surface area contributed by atoms with Crippen molar-refractivity contribution in [2.75, 3.05) is 6.54 Å². The van der Waals surface area contributed by atoms with Crippen LogP contribution < -0.4 is 5.32 Å². The van der Waals surface area contributed by atoms with E-state index in [4.69, 9.17) is 0 Å². The highest BCUT2D eigenvalue weighted by atomic mass is 19.1. The van der Waals surface area contributed by atoms with Gasteiger partial charge in [0.1, 0.15) is 11.4 Å². The summed E-state index contributed by atoms with van der Waals surface area (Å²) < 4.78 is 13.0. The highest BCUT2D eigenvalue weighted by molar-refractivity contribution is 5.98. The normalized spacial score (nSPS) is 13.6. The van der Waals surface area contributed by atoms with Gasteiger partial charge >= 0.3 is 0 Å². The molecule has 1 amide bonds. The Morgan fingerprint density at radius 1 is 1.50 bits per heavy atom. The van der Waals surface area contributed by atoms with Crippen molar-refractivity contribution >= 4 is 11.6 Å². The first kappa shape index (κ1) is 16.0. The Balaban J connectivity index is 2.75. The van der Waals surface area contributed by atoms with Crippen molar-refractivity contribution in [1.29, 1.82) is 0 Å². The third-order valence-corrected chi connectivity index (χ3v) is 2.76. The number of halogens is 1. The maximum absolute atomic E-state index is 13.0. The molecule has 0 heterocycles. The molecule has 0 aliphatic rings. The molecule has 6 nitrogen and oxygen atoms in total. The lowest BCUT2D eigenvalue weighted by atomic mass is 10.0. The number of aliphatic hydroxyl groups excluding tert-OH is 1. The van der Waals surface area contributed by atoms with Gasteiger partial charge in [0.15, 0.2) is 0 Å². The maximum Gasteiger partial charge on any atom is 0.285 e. The molecule has 1 aromatic rings. The highest BCUT2D eigenvalue weighted by Crippen LogP contribution is 2.19. The summed E-state index contributed by atoms with van der Waals surface area (Å²) >= 11 is 0. The first-order chi connectivity index (χ1) is 9.31. The molecule has 0 radical (unpaired) electrons. The Kier molecular flexibility index (Phi) is 5.57. The number of hydrogen-bond donors (Lipinski definition) is 2. The number of nitrogens with zero attached hydrogens (tertiary/aromatic N) is 1. The van der Waals surface area contributed by atoms with E-state index in [9.17, 15) is 24.4 Å². The summed E-state index contributed by atoms with van der Waals surface area (Å²) in [4.78, 5) is 21.9. The Morgan fingerprint density at radius 3 is 2.70 bits per heavy atom. The lowest BCUT2D eigenvalue weighted by molar-refractivity contribution is -0.385. The van der Waals surface area contributed by atoms with Gasteiger partial charge in [-0.25, -0.2) is 4.39 Å². The van der Waals surface area contributed by atoms with Crippen molar-refractivity contribution in [2.24, 2.45) is 5.92 Å². The van der Waals surface area contributed by atoms with Crippen LogP contribution in [0.2, 0.25) is 0 Å². The third-order valence-electron chi connectivity index (χ3n) is 2.76. The van der Waals surface area contributed by atoms with Gasteiger partial charge in [-0.3, -0.25) is 14.9 Å². The van der Waals surface area contributed by atoms with Gasteiger partial charge in [0.05, 0.1) is 17.1 Å². The van der Waals surface area contributed by atoms with Crippen molar-refractivity contribution < 1.29 is 19.2 Å². The van der Waals surface area contributed by atoms with Gasteiger partial charge < -0.3 is 10.4 Å². The van der Waals surface area contributed by atoms with Crippen LogP contribution in [-0.4, -0.2) is 28.6 Å². The zero-order valence-corrected chi connectivity index (χ0v) is 11.3. The summed E-state index contributed by atoms with van der Waals surface area (Å²) in [6, 6.07) is 2.80. The molecule has 2 atom stereocenters. The fourth-order valence-electron chi connectivity index (χ4n) is 1.88. The molecule has 2 N–H and O–H groups in total. The molecule has 0 aromatic heterocycles. The van der Waals surface area contributed by atoms with Crippen molar-refractivity contribution in [2.45, 2.75) is 26.4 Å². The molecule has 1 rings (SSSR count). The number of nitrogens with one attached hydrogen (secondary N) is 1. The molecule has 110 valence electrons. The van der Waals surface area contributed by atoms with Gasteiger partial charge in [0, 0.05) is 6.54 Å². The van der Waals surface area contributed by atoms with E-state index in [1.807, 2.05) is 6.92 Å². The number of hydrogen-bond acceptors (Lipinski definition) is 4. The molecule has 1 aromatic carbocycles. The summed E-state index contributed by atoms with van der Waals surface area (Å²) in [7, 11) is 0. The van der Waals surface area contributed by atoms with E-state index in [0.717, 1.165) is 12.1 Å². The van der Waals surface area contributed by atoms with Crippen LogP contribution in [0.4, 0.5) is 10.1 Å². The predicted molar refractivity (Wildman–Crippen MR) is 70.8 cm³/mol. The van der Waals surface area contributed by atoms with Crippen molar-refractivity contribution in [1.82, 2.24) is 5.32 Å². The van der Waals surface area contributed by atoms with Crippen LogP contribution in [-0.2, 0) is 0 Å². The summed E-state index contributed by atoms with van der Waals surface area (Å²) in [5.41, 5.74) is -0.744. The molecular formula is C13H17FN2O4. The van der Waals surface area contributed by atoms with Gasteiger partial charge in [-0.05, 0) is 31.4 Å². The summed E-state index contributed by atoms with van der Waals surface area (Å²) in [5, 5.41) is 22.5. The number of aliphatic hydroxyl groups is 1. The van der Waals surface area contributed by atoms with E-state index in [2.05, 4.69) is 5.32 Å². The Morgan fingerprint density at radius 2 is 2.15 bits per heavy atom. The average Bonchev–Trinajstić information content (AvgIpc) is 2.35. The molecule has 0 aliphatic heterocycles. The zero-order valence-electron chi connectivity index (χ0n) is 11.3. The Labute approximate surface area is 115 Å². The van der Waals surface area contributed by atoms with Crippen LogP contribution in [0.3, 0.4) is 0 Å². The second-order valence-corrected chi connectivity index (χ2v) is 4.82. The molecule has 20 heavy (non-hydrogen) atoms. The second kappa shape index (κ2) is 6.95. The monoisotopic (exact) mass is 284 g/mol. The van der Waals surface area contributed by atoms with Crippen LogP contribution in [0.1, 0.15) is 30.6 Å². The quantitative estimate of drug-likeness (QED) is 0.616. The number of carbonyl (C=O) groups excluding carboxylic acids is 1. The molecule has 7 heteroatoms. The minimum Gasteiger partial charge on any atom is -0.393 e. The Bertz CT molecular complexity index is 505. The summed E-state index contributed by atoms with van der Waals surface area (Å²) in [6.07, 6.45) is 0.0215. The number of benzene rings is 1. The SMILES string of the molecule is CC(O)CC(C)CNC(=O)c1ccc(F)cc1[N+](=O)[O-]. The molecule has 0 spiro atoms. The van der Waals surface area contributed by atoms with Crippen molar-refractivity contribution in [3.63, 3.8) is 0 Å². The number of nitro groups is 1. The van der Waals surface area contributed by atoms with Gasteiger partial charge in [-0.2, -0.15) is 0 Å². The topological polar surface area (TPSA) is 92.5 Å². The molecule has 0 aliphatic carbocycles. The van der Waals surface area contributed by atoms with E-state index in [0.29, 0.717) is 12.5 Å². The van der Waals surface area contributed by atoms with E-state index < -0.39 is 28.4 Å². The molecular weight excluding hydrogens is 267 g/mol. The minimum atomic E-state index is -0.794. The molecule has 0 saturated carbocycles. The molecule has 2 unspecified atom stereocenters. The number of rotatable bonds is 6. The van der Waals surface area contributed by atoms with Crippen molar-refractivity contribution in [3.8, 4) is 0 Å². The lowest BCUT2D eigenvalue weighted by Gasteiger charge is -2.14. The minimum absolute atomic E-state index is 0.0263. The van der Waals surface area contributed by atoms with E-state index in [1.54, 1.807) is 6.92 Å². The average molecular weight is 284 g/mol. The standard InChI is InChI=1S/C13H17FN2O4/c1-8(5-9(2)17)7-15-13(18)11-4-3-10(14)6-12(11)16(19)20/h3-4,6,8-9,17H,5,7H2,1-2H3,(H,15,18). The highest BCUT2D eigenvalue weighted by Gasteiger charge is 2.21. The van der Waals surface area contributed by atoms with Gasteiger partial charge in [0.25, 0.3) is 11.6 Å². The van der Waals surface area contributed by atoms with Crippen LogP contribution in [0, 0.1) is 21.8 Å². The molecule has 0 saturated heterocycles. The Hall–Kier alpha value is -2.02. The molecule has 0 fully saturated rings. The number of nitro benzene ring substituents is 1. The number of carbonyl (C=O) groups is 1. The van der Waals surface area contributed by atoms with Gasteiger partial charge in [-0.15, -0.1) is 0 Å². The smallest absolute Gasteiger partial charge is 0.285 e. The van der Waals surface area contributed by atoms with Gasteiger partial charge in [0.2, 0.25) is 0 Å². The second-order valence-electron chi connectivity index (χ2n) is 4.82. The van der Waals surface area contributed by atoms with Crippen LogP contribution in [0.5, 0.6) is 0 Å². The fourth-order valence-corrected chi connectivity index (χ4v) is 1.88. The van der Waals surface area contributed by atoms with E-state index >= 15 is 0 Å². The third kappa shape index (κ3) is 4.58. The van der Waals surface area contributed by atoms with Gasteiger partial charge in [-0.1, -0.05) is 6.92 Å². The van der Waals surface area contributed by atoms with Crippen molar-refractivity contribution in [3.05, 3.63) is 39.7 Å². The summed E-state index contributed by atoms with van der Waals surface area (Å²) in [6.45, 7) is 3.76. The largest absolute Gasteiger partial charge is 0.393 e. The zero-order chi connectivity index (χ0) is 15.3. The maximum atomic E-state index is 13.0. The van der Waals surface area contributed by atoms with Crippen LogP contribution in [0.25, 0.3) is 0 Å². The predicted octanol–water partition coefficient (Wildman–Crippen LogP) is 1.87. The van der Waals surface area contributed by atoms with E-state index in [1.165, 1.54) is 0 Å². The lowest BCUT2D eigenvalue weighted by Crippen LogP contribution is -2.30. The fraction of sp³-hybridized carbons (Fsp3) is 0.462. The number of amides is 1. The first-order valence-electron chi connectivity index (χ1n) is 6.21. The van der Waals surface area contributed by atoms with Crippen LogP contribution in [0.15, 0.2) is 18.2 Å².